The molecule has 3 heteroatoms. The third-order valence-electron chi connectivity index (χ3n) is 12.5. The highest BCUT2D eigenvalue weighted by atomic mass is 16.7. The highest BCUT2D eigenvalue weighted by Gasteiger charge is 2.59. The Hall–Kier alpha value is -0.990. The van der Waals surface area contributed by atoms with E-state index in [0.29, 0.717) is 17.4 Å². The van der Waals surface area contributed by atoms with Gasteiger partial charge in [0.25, 0.3) is 0 Å². The first-order valence-corrected chi connectivity index (χ1v) is 17.7. The number of allylic oxidation sites excluding steroid dienone is 1. The van der Waals surface area contributed by atoms with Gasteiger partial charge in [-0.05, 0) is 97.7 Å². The van der Waals surface area contributed by atoms with E-state index in [9.17, 15) is 4.79 Å². The summed E-state index contributed by atoms with van der Waals surface area (Å²) in [5.74, 6) is 5.18. The number of carbonyl (C=O) groups excluding carboxylic acids is 1. The Morgan fingerprint density at radius 1 is 0.900 bits per heavy atom. The first kappa shape index (κ1) is 31.9. The van der Waals surface area contributed by atoms with Gasteiger partial charge in [0, 0.05) is 6.42 Å². The zero-order chi connectivity index (χ0) is 28.8. The van der Waals surface area contributed by atoms with Crippen LogP contribution in [0.25, 0.3) is 0 Å². The van der Waals surface area contributed by atoms with Gasteiger partial charge < -0.3 is 9.47 Å². The van der Waals surface area contributed by atoms with Crippen molar-refractivity contribution >= 4 is 6.16 Å². The molecular weight excluding hydrogens is 492 g/mol. The number of ether oxygens (including phenoxy) is 2. The van der Waals surface area contributed by atoms with Gasteiger partial charge in [0.15, 0.2) is 0 Å². The Morgan fingerprint density at radius 2 is 1.65 bits per heavy atom. The lowest BCUT2D eigenvalue weighted by Crippen LogP contribution is -2.51. The van der Waals surface area contributed by atoms with Gasteiger partial charge in [0.05, 0.1) is 6.61 Å². The van der Waals surface area contributed by atoms with E-state index in [-0.39, 0.29) is 6.10 Å². The lowest BCUT2D eigenvalue weighted by Gasteiger charge is -2.58. The van der Waals surface area contributed by atoms with Gasteiger partial charge in [-0.15, -0.1) is 0 Å². The van der Waals surface area contributed by atoms with E-state index in [0.717, 1.165) is 67.6 Å². The molecule has 0 bridgehead atoms. The molecule has 0 aromatic rings. The maximum atomic E-state index is 12.4. The van der Waals surface area contributed by atoms with Gasteiger partial charge in [0.2, 0.25) is 0 Å². The lowest BCUT2D eigenvalue weighted by atomic mass is 9.47. The molecule has 3 saturated carbocycles. The number of hydrogen-bond donors (Lipinski definition) is 0. The summed E-state index contributed by atoms with van der Waals surface area (Å²) < 4.78 is 11.3. The Labute approximate surface area is 248 Å². The van der Waals surface area contributed by atoms with E-state index in [2.05, 4.69) is 47.6 Å². The molecule has 0 aromatic carbocycles. The van der Waals surface area contributed by atoms with Gasteiger partial charge in [-0.25, -0.2) is 4.79 Å². The first-order chi connectivity index (χ1) is 19.2. The second kappa shape index (κ2) is 14.5. The molecule has 0 N–H and O–H groups in total. The highest BCUT2D eigenvalue weighted by molar-refractivity contribution is 5.60. The molecule has 3 fully saturated rings. The van der Waals surface area contributed by atoms with Crippen LogP contribution >= 0.6 is 0 Å². The fraction of sp³-hybridized carbons (Fsp3) is 0.919. The monoisotopic (exact) mass is 556 g/mol. The molecule has 230 valence electrons. The zero-order valence-corrected chi connectivity index (χ0v) is 27.3. The van der Waals surface area contributed by atoms with E-state index >= 15 is 0 Å². The minimum absolute atomic E-state index is 0.00572. The van der Waals surface area contributed by atoms with Crippen molar-refractivity contribution in [3.8, 4) is 0 Å². The first-order valence-electron chi connectivity index (χ1n) is 17.7. The Kier molecular flexibility index (Phi) is 11.5. The van der Waals surface area contributed by atoms with Crippen LogP contribution in [0, 0.1) is 46.3 Å². The van der Waals surface area contributed by atoms with Crippen molar-refractivity contribution in [1.29, 1.82) is 0 Å². The van der Waals surface area contributed by atoms with Crippen molar-refractivity contribution in [2.24, 2.45) is 46.3 Å². The molecule has 0 saturated heterocycles. The Bertz CT molecular complexity index is 831. The standard InChI is InChI=1S/C37H64O3/c1-7-8-9-10-11-12-13-25-39-35(38)40-30-21-23-36(5)29(26-30)17-18-31-33-20-19-32(28(4)16-14-15-27(2)3)37(33,6)24-22-34(31)36/h17,27-28,30-34H,7-16,18-26H2,1-6H3/t28-,30+,31+,32-,33+,34-,36+,37-/m1/s1. The molecule has 0 heterocycles. The van der Waals surface area contributed by atoms with Crippen LogP contribution in [0.4, 0.5) is 4.79 Å². The van der Waals surface area contributed by atoms with Crippen molar-refractivity contribution in [3.63, 3.8) is 0 Å². The maximum Gasteiger partial charge on any atom is 0.508 e. The third kappa shape index (κ3) is 7.31. The minimum atomic E-state index is -0.443. The fourth-order valence-corrected chi connectivity index (χ4v) is 10.1. The predicted molar refractivity (Wildman–Crippen MR) is 167 cm³/mol. The van der Waals surface area contributed by atoms with E-state index in [1.165, 1.54) is 83.5 Å². The van der Waals surface area contributed by atoms with Crippen LogP contribution in [0.5, 0.6) is 0 Å². The molecular formula is C37H64O3. The summed E-state index contributed by atoms with van der Waals surface area (Å²) in [6.45, 7) is 15.3. The van der Waals surface area contributed by atoms with Crippen molar-refractivity contribution in [1.82, 2.24) is 0 Å². The summed E-state index contributed by atoms with van der Waals surface area (Å²) in [6.07, 6.45) is 25.0. The number of hydrogen-bond acceptors (Lipinski definition) is 3. The largest absolute Gasteiger partial charge is 0.508 e. The summed E-state index contributed by atoms with van der Waals surface area (Å²) in [7, 11) is 0. The van der Waals surface area contributed by atoms with Gasteiger partial charge in [-0.2, -0.15) is 0 Å². The quantitative estimate of drug-likeness (QED) is 0.121. The molecule has 40 heavy (non-hydrogen) atoms. The van der Waals surface area contributed by atoms with Crippen LogP contribution < -0.4 is 0 Å². The number of fused-ring (bicyclic) bond motifs is 5. The van der Waals surface area contributed by atoms with Crippen LogP contribution in [-0.2, 0) is 9.47 Å². The second-order valence-corrected chi connectivity index (χ2v) is 15.5. The normalized spacial score (nSPS) is 35.9. The highest BCUT2D eigenvalue weighted by Crippen LogP contribution is 2.67. The molecule has 0 radical (unpaired) electrons. The van der Waals surface area contributed by atoms with Gasteiger partial charge in [0.1, 0.15) is 6.10 Å². The maximum absolute atomic E-state index is 12.4. The molecule has 4 aliphatic carbocycles. The summed E-state index contributed by atoms with van der Waals surface area (Å²) in [5, 5.41) is 0. The van der Waals surface area contributed by atoms with Crippen LogP contribution in [0.15, 0.2) is 11.6 Å². The molecule has 0 aromatic heterocycles. The third-order valence-corrected chi connectivity index (χ3v) is 12.5. The number of unbranched alkanes of at least 4 members (excludes halogenated alkanes) is 6. The van der Waals surface area contributed by atoms with Gasteiger partial charge in [-0.3, -0.25) is 0 Å². The van der Waals surface area contributed by atoms with Crippen molar-refractivity contribution in [2.45, 2.75) is 163 Å². The van der Waals surface area contributed by atoms with Crippen LogP contribution in [0.2, 0.25) is 0 Å². The van der Waals surface area contributed by atoms with E-state index < -0.39 is 6.16 Å². The summed E-state index contributed by atoms with van der Waals surface area (Å²) in [5.41, 5.74) is 2.43. The molecule has 0 amide bonds. The van der Waals surface area contributed by atoms with Crippen molar-refractivity contribution in [3.05, 3.63) is 11.6 Å². The minimum Gasteiger partial charge on any atom is -0.434 e. The zero-order valence-electron chi connectivity index (χ0n) is 27.3. The SMILES string of the molecule is CCCCCCCCCOC(=O)O[C@H]1CC[C@@]2(C)C(=CC[C@@H]3[C@H]2CC[C@]2(C)[C@@H]([C@H](C)CCCC(C)C)CC[C@@H]32)C1. The van der Waals surface area contributed by atoms with Crippen LogP contribution in [0.1, 0.15) is 157 Å². The number of carbonyl (C=O) groups is 1. The average molecular weight is 557 g/mol. The van der Waals surface area contributed by atoms with Crippen molar-refractivity contribution < 1.29 is 14.3 Å². The average Bonchev–Trinajstić information content (AvgIpc) is 3.27. The molecule has 0 unspecified atom stereocenters. The predicted octanol–water partition coefficient (Wildman–Crippen LogP) is 11.3. The summed E-state index contributed by atoms with van der Waals surface area (Å²) in [6, 6.07) is 0. The molecule has 4 aliphatic rings. The topological polar surface area (TPSA) is 35.5 Å². The summed E-state index contributed by atoms with van der Waals surface area (Å²) in [4.78, 5) is 12.4. The Balaban J connectivity index is 1.26. The lowest BCUT2D eigenvalue weighted by molar-refractivity contribution is -0.0617. The van der Waals surface area contributed by atoms with Gasteiger partial charge >= 0.3 is 6.16 Å². The number of rotatable bonds is 14. The fourth-order valence-electron chi connectivity index (χ4n) is 10.1. The van der Waals surface area contributed by atoms with E-state index in [1.807, 2.05) is 0 Å². The smallest absolute Gasteiger partial charge is 0.434 e. The molecule has 8 atom stereocenters. The molecule has 3 nitrogen and oxygen atoms in total. The Morgan fingerprint density at radius 3 is 2.40 bits per heavy atom. The van der Waals surface area contributed by atoms with Crippen molar-refractivity contribution in [2.75, 3.05) is 6.61 Å². The second-order valence-electron chi connectivity index (χ2n) is 15.5. The molecule has 4 rings (SSSR count). The van der Waals surface area contributed by atoms with Gasteiger partial charge in [-0.1, -0.05) is 111 Å². The van der Waals surface area contributed by atoms with Crippen LogP contribution in [-0.4, -0.2) is 18.9 Å². The van der Waals surface area contributed by atoms with E-state index in [4.69, 9.17) is 9.47 Å². The molecule has 0 spiro atoms. The van der Waals surface area contributed by atoms with E-state index in [1.54, 1.807) is 5.57 Å². The summed E-state index contributed by atoms with van der Waals surface area (Å²) >= 11 is 0. The van der Waals surface area contributed by atoms with Crippen LogP contribution in [0.3, 0.4) is 0 Å². The molecule has 0 aliphatic heterocycles.